The molecule has 8 aromatic rings. The molecule has 0 aromatic heterocycles. The van der Waals surface area contributed by atoms with Crippen LogP contribution in [0.3, 0.4) is 0 Å². The summed E-state index contributed by atoms with van der Waals surface area (Å²) in [4.78, 5) is 0. The van der Waals surface area contributed by atoms with E-state index in [2.05, 4.69) is 126 Å². The maximum atomic E-state index is 15.4. The minimum absolute atomic E-state index is 0.0508. The van der Waals surface area contributed by atoms with E-state index in [1.165, 1.54) is 44.5 Å². The van der Waals surface area contributed by atoms with Gasteiger partial charge in [0.15, 0.2) is 14.3 Å². The molecule has 4 heteroatoms. The van der Waals surface area contributed by atoms with Crippen molar-refractivity contribution >= 4 is 46.1 Å². The fourth-order valence-electron chi connectivity index (χ4n) is 9.36. The third-order valence-corrected chi connectivity index (χ3v) is 19.0. The van der Waals surface area contributed by atoms with Crippen LogP contribution >= 0.6 is 14.3 Å². The molecule has 0 amide bonds. The van der Waals surface area contributed by atoms with Gasteiger partial charge in [0.25, 0.3) is 0 Å². The molecule has 0 saturated carbocycles. The first-order valence-corrected chi connectivity index (χ1v) is 25.1. The SMILES string of the molecule is CC(C)(C)c1ccc2c(c1)C(c1ccc(P(=O)(c3ccccc3)c3ccccc3)cc1)c1ccc(C(C)(C)C)cc1C2c1ccc(P(=O)(c2ccccc2)c2ccccc2)cc1. The van der Waals surface area contributed by atoms with Crippen molar-refractivity contribution in [2.75, 3.05) is 0 Å². The molecule has 308 valence electrons. The lowest BCUT2D eigenvalue weighted by molar-refractivity contribution is 0.585. The number of hydrogen-bond acceptors (Lipinski definition) is 2. The lowest BCUT2D eigenvalue weighted by atomic mass is 9.66. The van der Waals surface area contributed by atoms with Gasteiger partial charge in [-0.25, -0.2) is 0 Å². The van der Waals surface area contributed by atoms with Gasteiger partial charge in [0.1, 0.15) is 0 Å². The van der Waals surface area contributed by atoms with Crippen molar-refractivity contribution in [3.05, 3.63) is 251 Å². The van der Waals surface area contributed by atoms with Crippen LogP contribution in [0.2, 0.25) is 0 Å². The van der Waals surface area contributed by atoms with Crippen LogP contribution < -0.4 is 31.8 Å². The molecule has 1 aliphatic rings. The number of hydrogen-bond donors (Lipinski definition) is 0. The first-order valence-electron chi connectivity index (χ1n) is 21.7. The van der Waals surface area contributed by atoms with E-state index in [4.69, 9.17) is 0 Å². The lowest BCUT2D eigenvalue weighted by Crippen LogP contribution is -2.26. The maximum Gasteiger partial charge on any atom is 0.171 e. The van der Waals surface area contributed by atoms with Gasteiger partial charge < -0.3 is 9.13 Å². The van der Waals surface area contributed by atoms with Gasteiger partial charge in [-0.15, -0.1) is 0 Å². The highest BCUT2D eigenvalue weighted by molar-refractivity contribution is 7.85. The second-order valence-electron chi connectivity index (χ2n) is 18.8. The topological polar surface area (TPSA) is 34.1 Å². The van der Waals surface area contributed by atoms with Crippen molar-refractivity contribution in [2.24, 2.45) is 0 Å². The zero-order valence-corrected chi connectivity index (χ0v) is 38.3. The van der Waals surface area contributed by atoms with Crippen molar-refractivity contribution in [1.82, 2.24) is 0 Å². The summed E-state index contributed by atoms with van der Waals surface area (Å²) in [6.45, 7) is 13.7. The molecule has 1 aliphatic carbocycles. The smallest absolute Gasteiger partial charge is 0.171 e. The summed E-state index contributed by atoms with van der Waals surface area (Å²) in [5.74, 6) is -0.102. The molecular formula is C58H54O2P2. The summed E-state index contributed by atoms with van der Waals surface area (Å²) in [5.41, 5.74) is 9.87. The molecule has 8 aromatic carbocycles. The monoisotopic (exact) mass is 844 g/mol. The highest BCUT2D eigenvalue weighted by Gasteiger charge is 2.38. The second kappa shape index (κ2) is 16.2. The van der Waals surface area contributed by atoms with Gasteiger partial charge in [0.05, 0.1) is 0 Å². The summed E-state index contributed by atoms with van der Waals surface area (Å²) in [6.07, 6.45) is 0. The first-order chi connectivity index (χ1) is 29.8. The predicted molar refractivity (Wildman–Crippen MR) is 264 cm³/mol. The molecule has 0 fully saturated rings. The van der Waals surface area contributed by atoms with E-state index >= 15 is 9.13 Å². The first kappa shape index (κ1) is 41.6. The minimum Gasteiger partial charge on any atom is -0.309 e. The van der Waals surface area contributed by atoms with Crippen LogP contribution in [0.1, 0.15) is 97.9 Å². The molecule has 2 atom stereocenters. The Kier molecular flexibility index (Phi) is 10.8. The molecular weight excluding hydrogens is 791 g/mol. The van der Waals surface area contributed by atoms with E-state index in [0.717, 1.165) is 31.8 Å². The van der Waals surface area contributed by atoms with Crippen molar-refractivity contribution in [2.45, 2.75) is 64.2 Å². The van der Waals surface area contributed by atoms with E-state index < -0.39 is 14.3 Å². The molecule has 9 rings (SSSR count). The Morgan fingerprint density at radius 1 is 0.306 bits per heavy atom. The van der Waals surface area contributed by atoms with Crippen molar-refractivity contribution in [3.63, 3.8) is 0 Å². The van der Waals surface area contributed by atoms with E-state index in [9.17, 15) is 0 Å². The number of fused-ring (bicyclic) bond motifs is 2. The summed E-state index contributed by atoms with van der Waals surface area (Å²) >= 11 is 0. The van der Waals surface area contributed by atoms with Gasteiger partial charge in [-0.3, -0.25) is 0 Å². The van der Waals surface area contributed by atoms with Gasteiger partial charge in [0, 0.05) is 43.7 Å². The summed E-state index contributed by atoms with van der Waals surface area (Å²) in [5, 5.41) is 4.96. The Morgan fingerprint density at radius 2 is 0.565 bits per heavy atom. The normalized spacial score (nSPS) is 15.4. The summed E-state index contributed by atoms with van der Waals surface area (Å²) in [7, 11) is -6.30. The maximum absolute atomic E-state index is 15.4. The third-order valence-electron chi connectivity index (χ3n) is 12.8. The van der Waals surface area contributed by atoms with E-state index in [1.807, 2.05) is 121 Å². The molecule has 0 radical (unpaired) electrons. The quantitative estimate of drug-likeness (QED) is 0.143. The predicted octanol–water partition coefficient (Wildman–Crippen LogP) is 12.2. The fourth-order valence-corrected chi connectivity index (χ4v) is 14.7. The fraction of sp³-hybridized carbons (Fsp3) is 0.172. The molecule has 0 spiro atoms. The standard InChI is InChI=1S/C58H54O2P2/c1-57(2,3)43-31-37-51-53(39-43)55(41-27-33-49(34-28-41)61(59,45-19-11-7-12-20-45)46-21-13-8-14-22-46)52-38-32-44(58(4,5)6)40-54(52)56(51)42-29-35-50(36-30-42)62(60,47-23-15-9-16-24-47)48-25-17-10-18-26-48/h7-40,55-56H,1-6H3. The molecule has 2 unspecified atom stereocenters. The van der Waals surface area contributed by atoms with Gasteiger partial charge >= 0.3 is 0 Å². The molecule has 0 saturated heterocycles. The van der Waals surface area contributed by atoms with Crippen molar-refractivity contribution in [1.29, 1.82) is 0 Å². The van der Waals surface area contributed by atoms with Crippen LogP contribution in [0.5, 0.6) is 0 Å². The molecule has 0 bridgehead atoms. The molecule has 2 nitrogen and oxygen atoms in total. The minimum atomic E-state index is -3.15. The Labute approximate surface area is 368 Å². The second-order valence-corrected chi connectivity index (χ2v) is 24.3. The summed E-state index contributed by atoms with van der Waals surface area (Å²) in [6, 6.07) is 71.2. The van der Waals surface area contributed by atoms with Crippen LogP contribution in [-0.4, -0.2) is 0 Å². The zero-order valence-electron chi connectivity index (χ0n) is 36.5. The molecule has 0 heterocycles. The summed E-state index contributed by atoms with van der Waals surface area (Å²) < 4.78 is 30.8. The number of benzene rings is 8. The van der Waals surface area contributed by atoms with E-state index in [1.54, 1.807) is 0 Å². The van der Waals surface area contributed by atoms with Gasteiger partial charge in [-0.05, 0) is 55.3 Å². The van der Waals surface area contributed by atoms with E-state index in [-0.39, 0.29) is 22.7 Å². The van der Waals surface area contributed by atoms with Crippen LogP contribution in [0.25, 0.3) is 0 Å². The van der Waals surface area contributed by atoms with Crippen LogP contribution in [0.15, 0.2) is 206 Å². The van der Waals surface area contributed by atoms with Crippen LogP contribution in [0.4, 0.5) is 0 Å². The highest BCUT2D eigenvalue weighted by atomic mass is 31.2. The highest BCUT2D eigenvalue weighted by Crippen LogP contribution is 2.52. The van der Waals surface area contributed by atoms with Gasteiger partial charge in [-0.1, -0.05) is 248 Å². The average molecular weight is 845 g/mol. The molecule has 0 aliphatic heterocycles. The zero-order chi connectivity index (χ0) is 43.3. The number of rotatable bonds is 8. The van der Waals surface area contributed by atoms with Gasteiger partial charge in [0.2, 0.25) is 0 Å². The van der Waals surface area contributed by atoms with Crippen molar-refractivity contribution in [3.8, 4) is 0 Å². The van der Waals surface area contributed by atoms with Gasteiger partial charge in [-0.2, -0.15) is 0 Å². The third kappa shape index (κ3) is 7.38. The van der Waals surface area contributed by atoms with Crippen molar-refractivity contribution < 1.29 is 9.13 Å². The van der Waals surface area contributed by atoms with E-state index in [0.29, 0.717) is 0 Å². The average Bonchev–Trinajstić information content (AvgIpc) is 3.30. The Balaban J connectivity index is 1.22. The Hall–Kier alpha value is -5.78. The largest absolute Gasteiger partial charge is 0.309 e. The lowest BCUT2D eigenvalue weighted by Gasteiger charge is -2.37. The van der Waals surface area contributed by atoms with Crippen LogP contribution in [0, 0.1) is 0 Å². The van der Waals surface area contributed by atoms with Crippen LogP contribution in [-0.2, 0) is 20.0 Å². The molecule has 0 N–H and O–H groups in total. The Bertz CT molecular complexity index is 2650. The Morgan fingerprint density at radius 3 is 0.823 bits per heavy atom. The molecule has 62 heavy (non-hydrogen) atoms.